The SMILES string of the molecule is CCNCc1coc(N2CCCCCC2CC)n1. The molecule has 2 rings (SSSR count). The number of oxazole rings is 1. The summed E-state index contributed by atoms with van der Waals surface area (Å²) in [5.41, 5.74) is 1.01. The van der Waals surface area contributed by atoms with E-state index in [4.69, 9.17) is 4.42 Å². The summed E-state index contributed by atoms with van der Waals surface area (Å²) in [5, 5.41) is 3.28. The van der Waals surface area contributed by atoms with Crippen molar-refractivity contribution in [1.29, 1.82) is 0 Å². The second-order valence-corrected chi connectivity index (χ2v) is 5.01. The highest BCUT2D eigenvalue weighted by molar-refractivity contribution is 5.29. The molecule has 0 aromatic carbocycles. The average Bonchev–Trinajstić information content (AvgIpc) is 2.73. The van der Waals surface area contributed by atoms with Gasteiger partial charge in [0.15, 0.2) is 0 Å². The molecule has 4 nitrogen and oxygen atoms in total. The van der Waals surface area contributed by atoms with Gasteiger partial charge < -0.3 is 14.6 Å². The Morgan fingerprint density at radius 2 is 2.28 bits per heavy atom. The Balaban J connectivity index is 2.05. The molecule has 1 aliphatic rings. The fourth-order valence-electron chi connectivity index (χ4n) is 2.62. The van der Waals surface area contributed by atoms with Crippen molar-refractivity contribution in [3.05, 3.63) is 12.0 Å². The Hall–Kier alpha value is -1.03. The van der Waals surface area contributed by atoms with E-state index in [1.165, 1.54) is 32.1 Å². The molecular weight excluding hydrogens is 226 g/mol. The first-order valence-corrected chi connectivity index (χ1v) is 7.27. The standard InChI is InChI=1S/C14H25N3O/c1-3-13-8-6-5-7-9-17(13)14-16-12(11-18-14)10-15-4-2/h11,13,15H,3-10H2,1-2H3. The summed E-state index contributed by atoms with van der Waals surface area (Å²) >= 11 is 0. The molecule has 1 atom stereocenters. The van der Waals surface area contributed by atoms with Crippen molar-refractivity contribution < 1.29 is 4.42 Å². The fraction of sp³-hybridized carbons (Fsp3) is 0.786. The molecule has 1 N–H and O–H groups in total. The monoisotopic (exact) mass is 251 g/mol. The molecule has 1 aromatic rings. The third kappa shape index (κ3) is 3.25. The smallest absolute Gasteiger partial charge is 0.297 e. The maximum atomic E-state index is 5.66. The molecule has 1 aromatic heterocycles. The highest BCUT2D eigenvalue weighted by Crippen LogP contribution is 2.25. The molecule has 0 saturated carbocycles. The lowest BCUT2D eigenvalue weighted by molar-refractivity contribution is 0.479. The lowest BCUT2D eigenvalue weighted by Crippen LogP contribution is -2.34. The van der Waals surface area contributed by atoms with Gasteiger partial charge in [-0.3, -0.25) is 0 Å². The molecule has 18 heavy (non-hydrogen) atoms. The summed E-state index contributed by atoms with van der Waals surface area (Å²) in [5.74, 6) is 0. The number of hydrogen-bond acceptors (Lipinski definition) is 4. The van der Waals surface area contributed by atoms with E-state index in [0.29, 0.717) is 6.04 Å². The minimum atomic E-state index is 0.595. The minimum absolute atomic E-state index is 0.595. The first-order valence-electron chi connectivity index (χ1n) is 7.27. The van der Waals surface area contributed by atoms with Crippen LogP contribution in [-0.2, 0) is 6.54 Å². The first kappa shape index (κ1) is 13.4. The van der Waals surface area contributed by atoms with Crippen LogP contribution in [0.5, 0.6) is 0 Å². The molecule has 1 unspecified atom stereocenters. The first-order chi connectivity index (χ1) is 8.85. The summed E-state index contributed by atoms with van der Waals surface area (Å²) < 4.78 is 5.66. The molecule has 0 bridgehead atoms. The number of hydrogen-bond donors (Lipinski definition) is 1. The lowest BCUT2D eigenvalue weighted by atomic mass is 10.1. The summed E-state index contributed by atoms with van der Waals surface area (Å²) in [6.45, 7) is 7.20. The van der Waals surface area contributed by atoms with Crippen LogP contribution in [-0.4, -0.2) is 24.1 Å². The highest BCUT2D eigenvalue weighted by Gasteiger charge is 2.23. The van der Waals surface area contributed by atoms with E-state index < -0.39 is 0 Å². The van der Waals surface area contributed by atoms with E-state index in [2.05, 4.69) is 29.0 Å². The fourth-order valence-corrected chi connectivity index (χ4v) is 2.62. The number of nitrogens with zero attached hydrogens (tertiary/aromatic N) is 2. The van der Waals surface area contributed by atoms with E-state index in [1.807, 2.05) is 0 Å². The van der Waals surface area contributed by atoms with Crippen molar-refractivity contribution >= 4 is 6.01 Å². The maximum absolute atomic E-state index is 5.66. The number of nitrogens with one attached hydrogen (secondary N) is 1. The molecule has 1 aliphatic heterocycles. The van der Waals surface area contributed by atoms with Gasteiger partial charge in [-0.15, -0.1) is 0 Å². The maximum Gasteiger partial charge on any atom is 0.297 e. The van der Waals surface area contributed by atoms with Gasteiger partial charge in [-0.05, 0) is 25.8 Å². The predicted octanol–water partition coefficient (Wildman–Crippen LogP) is 2.94. The minimum Gasteiger partial charge on any atom is -0.432 e. The van der Waals surface area contributed by atoms with Gasteiger partial charge in [0.1, 0.15) is 6.26 Å². The van der Waals surface area contributed by atoms with Crippen LogP contribution < -0.4 is 10.2 Å². The summed E-state index contributed by atoms with van der Waals surface area (Å²) in [4.78, 5) is 6.97. The van der Waals surface area contributed by atoms with Crippen molar-refractivity contribution in [2.45, 2.75) is 58.5 Å². The zero-order valence-corrected chi connectivity index (χ0v) is 11.6. The Labute approximate surface area is 110 Å². The molecule has 1 fully saturated rings. The Morgan fingerprint density at radius 1 is 1.39 bits per heavy atom. The van der Waals surface area contributed by atoms with E-state index in [9.17, 15) is 0 Å². The van der Waals surface area contributed by atoms with Gasteiger partial charge in [0.05, 0.1) is 5.69 Å². The van der Waals surface area contributed by atoms with Crippen LogP contribution in [0, 0.1) is 0 Å². The number of anilines is 1. The molecule has 0 amide bonds. The zero-order chi connectivity index (χ0) is 12.8. The molecule has 0 spiro atoms. The normalized spacial score (nSPS) is 21.0. The molecule has 1 saturated heterocycles. The van der Waals surface area contributed by atoms with E-state index in [-0.39, 0.29) is 0 Å². The van der Waals surface area contributed by atoms with E-state index in [0.717, 1.165) is 31.3 Å². The van der Waals surface area contributed by atoms with Gasteiger partial charge in [-0.2, -0.15) is 4.98 Å². The Bertz CT molecular complexity index is 351. The molecular formula is C14H25N3O. The number of aromatic nitrogens is 1. The third-order valence-corrected chi connectivity index (χ3v) is 3.69. The van der Waals surface area contributed by atoms with Gasteiger partial charge >= 0.3 is 0 Å². The van der Waals surface area contributed by atoms with Crippen LogP contribution in [0.2, 0.25) is 0 Å². The van der Waals surface area contributed by atoms with Gasteiger partial charge in [0.2, 0.25) is 0 Å². The van der Waals surface area contributed by atoms with Crippen LogP contribution in [0.4, 0.5) is 6.01 Å². The van der Waals surface area contributed by atoms with E-state index >= 15 is 0 Å². The van der Waals surface area contributed by atoms with Crippen molar-refractivity contribution in [3.8, 4) is 0 Å². The second kappa shape index (κ2) is 6.78. The lowest BCUT2D eigenvalue weighted by Gasteiger charge is -2.27. The van der Waals surface area contributed by atoms with Gasteiger partial charge in [-0.25, -0.2) is 0 Å². The third-order valence-electron chi connectivity index (χ3n) is 3.69. The Kier molecular flexibility index (Phi) is 5.05. The Morgan fingerprint density at radius 3 is 3.06 bits per heavy atom. The molecule has 2 heterocycles. The average molecular weight is 251 g/mol. The van der Waals surface area contributed by atoms with Crippen LogP contribution in [0.25, 0.3) is 0 Å². The van der Waals surface area contributed by atoms with Crippen LogP contribution in [0.3, 0.4) is 0 Å². The predicted molar refractivity (Wildman–Crippen MR) is 73.8 cm³/mol. The molecule has 0 aliphatic carbocycles. The van der Waals surface area contributed by atoms with Crippen molar-refractivity contribution in [1.82, 2.24) is 10.3 Å². The van der Waals surface area contributed by atoms with Crippen LogP contribution in [0.1, 0.15) is 51.6 Å². The highest BCUT2D eigenvalue weighted by atomic mass is 16.4. The summed E-state index contributed by atoms with van der Waals surface area (Å²) in [6.07, 6.45) is 8.14. The quantitative estimate of drug-likeness (QED) is 0.873. The van der Waals surface area contributed by atoms with Crippen molar-refractivity contribution in [2.75, 3.05) is 18.0 Å². The van der Waals surface area contributed by atoms with Crippen molar-refractivity contribution in [2.24, 2.45) is 0 Å². The van der Waals surface area contributed by atoms with Gasteiger partial charge in [0, 0.05) is 19.1 Å². The topological polar surface area (TPSA) is 41.3 Å². The summed E-state index contributed by atoms with van der Waals surface area (Å²) in [7, 11) is 0. The van der Waals surface area contributed by atoms with Gasteiger partial charge in [0.25, 0.3) is 6.01 Å². The van der Waals surface area contributed by atoms with Crippen molar-refractivity contribution in [3.63, 3.8) is 0 Å². The largest absolute Gasteiger partial charge is 0.432 e. The van der Waals surface area contributed by atoms with Crippen LogP contribution in [0.15, 0.2) is 10.7 Å². The number of rotatable bonds is 5. The molecule has 0 radical (unpaired) electrons. The zero-order valence-electron chi connectivity index (χ0n) is 11.6. The van der Waals surface area contributed by atoms with Gasteiger partial charge in [-0.1, -0.05) is 26.7 Å². The summed E-state index contributed by atoms with van der Waals surface area (Å²) in [6, 6.07) is 1.41. The van der Waals surface area contributed by atoms with Crippen LogP contribution >= 0.6 is 0 Å². The van der Waals surface area contributed by atoms with E-state index in [1.54, 1.807) is 6.26 Å². The molecule has 4 heteroatoms. The second-order valence-electron chi connectivity index (χ2n) is 5.01. The molecule has 102 valence electrons.